The van der Waals surface area contributed by atoms with Crippen molar-refractivity contribution < 1.29 is 14.3 Å². The van der Waals surface area contributed by atoms with Crippen molar-refractivity contribution in [3.63, 3.8) is 0 Å². The second kappa shape index (κ2) is 9.59. The molecule has 4 heteroatoms. The molecular formula is C26H27NO3. The number of fused-ring (bicyclic) bond motifs is 1. The third kappa shape index (κ3) is 4.89. The molecule has 30 heavy (non-hydrogen) atoms. The molecule has 0 spiro atoms. The van der Waals surface area contributed by atoms with Gasteiger partial charge in [0.15, 0.2) is 0 Å². The van der Waals surface area contributed by atoms with Gasteiger partial charge < -0.3 is 9.47 Å². The van der Waals surface area contributed by atoms with E-state index in [9.17, 15) is 4.79 Å². The lowest BCUT2D eigenvalue weighted by Crippen LogP contribution is -2.45. The highest BCUT2D eigenvalue weighted by Crippen LogP contribution is 2.26. The number of hydrogen-bond donors (Lipinski definition) is 0. The first-order chi connectivity index (χ1) is 14.7. The number of carbonyl (C=O) groups is 1. The molecule has 0 saturated carbocycles. The first-order valence-corrected chi connectivity index (χ1v) is 10.5. The second-order valence-corrected chi connectivity index (χ2v) is 7.57. The van der Waals surface area contributed by atoms with E-state index in [1.165, 1.54) is 11.1 Å². The fraction of sp³-hybridized carbons (Fsp3) is 0.269. The highest BCUT2D eigenvalue weighted by Gasteiger charge is 2.32. The summed E-state index contributed by atoms with van der Waals surface area (Å²) in [5, 5.41) is 0. The zero-order valence-electron chi connectivity index (χ0n) is 17.3. The van der Waals surface area contributed by atoms with Crippen LogP contribution in [0.4, 0.5) is 0 Å². The molecule has 0 amide bonds. The first-order valence-electron chi connectivity index (χ1n) is 10.5. The number of hydrogen-bond acceptors (Lipinski definition) is 4. The Hall–Kier alpha value is -3.11. The summed E-state index contributed by atoms with van der Waals surface area (Å²) in [5.74, 6) is 0.685. The van der Waals surface area contributed by atoms with Crippen LogP contribution in [0.2, 0.25) is 0 Å². The summed E-state index contributed by atoms with van der Waals surface area (Å²) in [7, 11) is 0. The fourth-order valence-corrected chi connectivity index (χ4v) is 3.92. The Kier molecular flexibility index (Phi) is 6.45. The van der Waals surface area contributed by atoms with E-state index < -0.39 is 0 Å². The molecule has 0 fully saturated rings. The van der Waals surface area contributed by atoms with Crippen LogP contribution in [0.1, 0.15) is 29.2 Å². The quantitative estimate of drug-likeness (QED) is 0.535. The predicted molar refractivity (Wildman–Crippen MR) is 117 cm³/mol. The Labute approximate surface area is 178 Å². The number of esters is 1. The van der Waals surface area contributed by atoms with Crippen molar-refractivity contribution in [1.82, 2.24) is 4.90 Å². The van der Waals surface area contributed by atoms with Gasteiger partial charge in [0.1, 0.15) is 18.4 Å². The maximum atomic E-state index is 12.6. The van der Waals surface area contributed by atoms with Gasteiger partial charge in [-0.05, 0) is 47.7 Å². The Morgan fingerprint density at radius 2 is 1.67 bits per heavy atom. The molecule has 1 heterocycles. The molecule has 0 N–H and O–H groups in total. The lowest BCUT2D eigenvalue weighted by molar-refractivity contribution is -0.150. The van der Waals surface area contributed by atoms with Crippen LogP contribution in [0, 0.1) is 0 Å². The highest BCUT2D eigenvalue weighted by atomic mass is 16.5. The molecule has 0 aromatic heterocycles. The molecule has 0 bridgehead atoms. The maximum Gasteiger partial charge on any atom is 0.323 e. The van der Waals surface area contributed by atoms with Crippen molar-refractivity contribution in [3.05, 3.63) is 101 Å². The second-order valence-electron chi connectivity index (χ2n) is 7.57. The third-order valence-electron chi connectivity index (χ3n) is 5.44. The van der Waals surface area contributed by atoms with Crippen LogP contribution in [-0.2, 0) is 35.6 Å². The number of benzene rings is 3. The van der Waals surface area contributed by atoms with Crippen molar-refractivity contribution in [2.24, 2.45) is 0 Å². The number of ether oxygens (including phenoxy) is 2. The van der Waals surface area contributed by atoms with Crippen molar-refractivity contribution in [1.29, 1.82) is 0 Å². The summed E-state index contributed by atoms with van der Waals surface area (Å²) >= 11 is 0. The van der Waals surface area contributed by atoms with Crippen molar-refractivity contribution >= 4 is 5.97 Å². The van der Waals surface area contributed by atoms with Gasteiger partial charge in [-0.1, -0.05) is 66.7 Å². The molecule has 0 radical (unpaired) electrons. The zero-order chi connectivity index (χ0) is 20.8. The first kappa shape index (κ1) is 20.2. The molecule has 1 aliphatic heterocycles. The molecule has 154 valence electrons. The Morgan fingerprint density at radius 3 is 2.47 bits per heavy atom. The van der Waals surface area contributed by atoms with E-state index in [-0.39, 0.29) is 12.0 Å². The summed E-state index contributed by atoms with van der Waals surface area (Å²) in [6.07, 6.45) is 0.680. The van der Waals surface area contributed by atoms with E-state index in [2.05, 4.69) is 47.4 Å². The summed E-state index contributed by atoms with van der Waals surface area (Å²) in [5.41, 5.74) is 4.76. The van der Waals surface area contributed by atoms with Crippen LogP contribution in [0.25, 0.3) is 0 Å². The fourth-order valence-electron chi connectivity index (χ4n) is 3.92. The van der Waals surface area contributed by atoms with Gasteiger partial charge in [-0.25, -0.2) is 0 Å². The summed E-state index contributed by atoms with van der Waals surface area (Å²) in [6.45, 7) is 4.18. The lowest BCUT2D eigenvalue weighted by atomic mass is 9.93. The molecule has 4 rings (SSSR count). The summed E-state index contributed by atoms with van der Waals surface area (Å²) in [6, 6.07) is 26.3. The molecule has 1 atom stereocenters. The van der Waals surface area contributed by atoms with E-state index in [1.54, 1.807) is 0 Å². The molecule has 1 aliphatic rings. The average molecular weight is 402 g/mol. The number of rotatable bonds is 7. The molecule has 0 aliphatic carbocycles. The predicted octanol–water partition coefficient (Wildman–Crippen LogP) is 4.76. The molecule has 3 aromatic carbocycles. The van der Waals surface area contributed by atoms with Crippen molar-refractivity contribution in [2.45, 2.75) is 39.1 Å². The number of nitrogens with zero attached hydrogens (tertiary/aromatic N) is 1. The lowest BCUT2D eigenvalue weighted by Gasteiger charge is -2.35. The van der Waals surface area contributed by atoms with Crippen LogP contribution in [0.5, 0.6) is 5.75 Å². The smallest absolute Gasteiger partial charge is 0.323 e. The Bertz CT molecular complexity index is 986. The molecule has 4 nitrogen and oxygen atoms in total. The average Bonchev–Trinajstić information content (AvgIpc) is 2.78. The van der Waals surface area contributed by atoms with Crippen LogP contribution < -0.4 is 4.74 Å². The van der Waals surface area contributed by atoms with Gasteiger partial charge in [-0.3, -0.25) is 9.69 Å². The number of carbonyl (C=O) groups excluding carboxylic acids is 1. The van der Waals surface area contributed by atoms with Gasteiger partial charge >= 0.3 is 5.97 Å². The van der Waals surface area contributed by atoms with Gasteiger partial charge in [0, 0.05) is 13.1 Å². The molecule has 0 unspecified atom stereocenters. The highest BCUT2D eigenvalue weighted by molar-refractivity contribution is 5.76. The minimum absolute atomic E-state index is 0.150. The topological polar surface area (TPSA) is 38.8 Å². The van der Waals surface area contributed by atoms with E-state index in [4.69, 9.17) is 9.47 Å². The largest absolute Gasteiger partial charge is 0.489 e. The monoisotopic (exact) mass is 401 g/mol. The van der Waals surface area contributed by atoms with Gasteiger partial charge in [-0.2, -0.15) is 0 Å². The van der Waals surface area contributed by atoms with Crippen LogP contribution in [0.15, 0.2) is 78.9 Å². The Morgan fingerprint density at radius 1 is 0.933 bits per heavy atom. The zero-order valence-corrected chi connectivity index (χ0v) is 17.3. The van der Waals surface area contributed by atoms with Gasteiger partial charge in [-0.15, -0.1) is 0 Å². The summed E-state index contributed by atoms with van der Waals surface area (Å²) < 4.78 is 11.4. The van der Waals surface area contributed by atoms with Gasteiger partial charge in [0.05, 0.1) is 6.61 Å². The SMILES string of the molecule is CCOC(=O)[C@@H]1Cc2ccccc2CN1Cc1cccc(OCc2ccccc2)c1. The third-order valence-corrected chi connectivity index (χ3v) is 5.44. The minimum Gasteiger partial charge on any atom is -0.489 e. The maximum absolute atomic E-state index is 12.6. The van der Waals surface area contributed by atoms with Crippen molar-refractivity contribution in [2.75, 3.05) is 6.61 Å². The normalized spacial score (nSPS) is 16.0. The van der Waals surface area contributed by atoms with Crippen LogP contribution in [-0.4, -0.2) is 23.5 Å². The molecular weight excluding hydrogens is 374 g/mol. The van der Waals surface area contributed by atoms with Crippen LogP contribution in [0.3, 0.4) is 0 Å². The Balaban J connectivity index is 1.49. The van der Waals surface area contributed by atoms with Gasteiger partial charge in [0.2, 0.25) is 0 Å². The van der Waals surface area contributed by atoms with E-state index >= 15 is 0 Å². The summed E-state index contributed by atoms with van der Waals surface area (Å²) in [4.78, 5) is 14.9. The van der Waals surface area contributed by atoms with E-state index in [0.29, 0.717) is 26.2 Å². The van der Waals surface area contributed by atoms with Crippen LogP contribution >= 0.6 is 0 Å². The van der Waals surface area contributed by atoms with E-state index in [1.807, 2.05) is 43.3 Å². The van der Waals surface area contributed by atoms with E-state index in [0.717, 1.165) is 23.4 Å². The standard InChI is InChI=1S/C26H27NO3/c1-2-29-26(28)25-16-22-12-6-7-13-23(22)18-27(25)17-21-11-8-14-24(15-21)30-19-20-9-4-3-5-10-20/h3-15,25H,2,16-19H2,1H3/t25-/m0/s1. The van der Waals surface area contributed by atoms with Crippen molar-refractivity contribution in [3.8, 4) is 5.75 Å². The minimum atomic E-state index is -0.270. The van der Waals surface area contributed by atoms with Gasteiger partial charge in [0.25, 0.3) is 0 Å². The molecule has 3 aromatic rings. The molecule has 0 saturated heterocycles.